The van der Waals surface area contributed by atoms with Gasteiger partial charge < -0.3 is 21.1 Å². The third-order valence-electron chi connectivity index (χ3n) is 2.22. The van der Waals surface area contributed by atoms with Gasteiger partial charge in [0.25, 0.3) is 5.69 Å². The van der Waals surface area contributed by atoms with Crippen molar-refractivity contribution in [2.75, 3.05) is 6.61 Å². The van der Waals surface area contributed by atoms with Crippen molar-refractivity contribution in [3.8, 4) is 0 Å². The Morgan fingerprint density at radius 1 is 1.38 bits per heavy atom. The summed E-state index contributed by atoms with van der Waals surface area (Å²) < 4.78 is 0. The largest absolute Gasteiger partial charge is 0.395 e. The number of aliphatic hydroxyl groups is 3. The molecule has 0 heterocycles. The summed E-state index contributed by atoms with van der Waals surface area (Å²) in [5.74, 6) is -2.41. The lowest BCUT2D eigenvalue weighted by molar-refractivity contribution is -0.384. The SMILES string of the molecule is NC(CO)C(O)(O)c1ccc([N+](=O)[O-])cc1. The van der Waals surface area contributed by atoms with E-state index < -0.39 is 23.4 Å². The fourth-order valence-electron chi connectivity index (χ4n) is 1.17. The van der Waals surface area contributed by atoms with Crippen LogP contribution in [0.3, 0.4) is 0 Å². The van der Waals surface area contributed by atoms with Crippen molar-refractivity contribution in [1.29, 1.82) is 0 Å². The molecule has 0 radical (unpaired) electrons. The van der Waals surface area contributed by atoms with E-state index in [2.05, 4.69) is 0 Å². The first-order valence-corrected chi connectivity index (χ1v) is 4.45. The number of hydrogen-bond acceptors (Lipinski definition) is 6. The number of nitro benzene ring substituents is 1. The number of hydrogen-bond donors (Lipinski definition) is 4. The van der Waals surface area contributed by atoms with Crippen LogP contribution >= 0.6 is 0 Å². The average Bonchev–Trinajstić information content (AvgIpc) is 2.28. The van der Waals surface area contributed by atoms with Crippen LogP contribution in [0.5, 0.6) is 0 Å². The molecule has 16 heavy (non-hydrogen) atoms. The first-order valence-electron chi connectivity index (χ1n) is 4.45. The Balaban J connectivity index is 3.01. The number of benzene rings is 1. The lowest BCUT2D eigenvalue weighted by Crippen LogP contribution is -2.47. The fraction of sp³-hybridized carbons (Fsp3) is 0.333. The minimum absolute atomic E-state index is 0.0142. The van der Waals surface area contributed by atoms with Crippen molar-refractivity contribution in [1.82, 2.24) is 0 Å². The molecule has 1 atom stereocenters. The van der Waals surface area contributed by atoms with Gasteiger partial charge in [0.15, 0.2) is 0 Å². The molecule has 1 unspecified atom stereocenters. The maximum atomic E-state index is 10.4. The lowest BCUT2D eigenvalue weighted by atomic mass is 9.99. The van der Waals surface area contributed by atoms with Crippen LogP contribution in [-0.2, 0) is 5.79 Å². The zero-order chi connectivity index (χ0) is 12.3. The first kappa shape index (κ1) is 12.5. The molecule has 0 aliphatic heterocycles. The normalized spacial score (nSPS) is 13.5. The number of nitrogens with two attached hydrogens (primary N) is 1. The van der Waals surface area contributed by atoms with E-state index in [1.54, 1.807) is 0 Å². The molecule has 5 N–H and O–H groups in total. The molecule has 1 aromatic carbocycles. The van der Waals surface area contributed by atoms with Crippen molar-refractivity contribution in [3.63, 3.8) is 0 Å². The van der Waals surface area contributed by atoms with Crippen molar-refractivity contribution >= 4 is 5.69 Å². The smallest absolute Gasteiger partial charge is 0.269 e. The van der Waals surface area contributed by atoms with Gasteiger partial charge >= 0.3 is 0 Å². The maximum absolute atomic E-state index is 10.4. The van der Waals surface area contributed by atoms with Crippen LogP contribution in [0.2, 0.25) is 0 Å². The number of aliphatic hydroxyl groups excluding tert-OH is 1. The van der Waals surface area contributed by atoms with E-state index in [-0.39, 0.29) is 11.3 Å². The zero-order valence-electron chi connectivity index (χ0n) is 8.28. The third kappa shape index (κ3) is 2.34. The third-order valence-corrected chi connectivity index (χ3v) is 2.22. The Bertz CT molecular complexity index is 376. The summed E-state index contributed by atoms with van der Waals surface area (Å²) in [4.78, 5) is 9.76. The van der Waals surface area contributed by atoms with Crippen LogP contribution in [0.15, 0.2) is 24.3 Å². The Labute approximate surface area is 90.9 Å². The van der Waals surface area contributed by atoms with Gasteiger partial charge in [0, 0.05) is 17.7 Å². The van der Waals surface area contributed by atoms with Crippen LogP contribution in [0, 0.1) is 10.1 Å². The molecule has 0 aromatic heterocycles. The summed E-state index contributed by atoms with van der Waals surface area (Å²) >= 11 is 0. The molecule has 0 bridgehead atoms. The highest BCUT2D eigenvalue weighted by atomic mass is 16.6. The summed E-state index contributed by atoms with van der Waals surface area (Å²) in [7, 11) is 0. The van der Waals surface area contributed by atoms with Crippen molar-refractivity contribution in [3.05, 3.63) is 39.9 Å². The van der Waals surface area contributed by atoms with Crippen LogP contribution < -0.4 is 5.73 Å². The summed E-state index contributed by atoms with van der Waals surface area (Å²) in [5, 5.41) is 38.3. The first-order chi connectivity index (χ1) is 7.39. The lowest BCUT2D eigenvalue weighted by Gasteiger charge is -2.27. The van der Waals surface area contributed by atoms with Gasteiger partial charge in [-0.3, -0.25) is 10.1 Å². The van der Waals surface area contributed by atoms with Gasteiger partial charge in [0.2, 0.25) is 5.79 Å². The van der Waals surface area contributed by atoms with Gasteiger partial charge in [-0.05, 0) is 12.1 Å². The van der Waals surface area contributed by atoms with Gasteiger partial charge in [-0.1, -0.05) is 0 Å². The molecule has 0 aliphatic rings. The molecule has 0 spiro atoms. The molecule has 0 saturated heterocycles. The molecular formula is C9H12N2O5. The Hall–Kier alpha value is -1.54. The standard InChI is InChI=1S/C9H12N2O5/c10-8(5-12)9(13,14)6-1-3-7(4-2-6)11(15)16/h1-4,8,12-14H,5,10H2. The zero-order valence-corrected chi connectivity index (χ0v) is 8.28. The second-order valence-electron chi connectivity index (χ2n) is 3.32. The van der Waals surface area contributed by atoms with Gasteiger partial charge in [-0.25, -0.2) is 0 Å². The monoisotopic (exact) mass is 228 g/mol. The van der Waals surface area contributed by atoms with E-state index in [0.29, 0.717) is 0 Å². The van der Waals surface area contributed by atoms with Gasteiger partial charge in [0.05, 0.1) is 17.6 Å². The van der Waals surface area contributed by atoms with Crippen LogP contribution in [0.1, 0.15) is 5.56 Å². The fourth-order valence-corrected chi connectivity index (χ4v) is 1.17. The van der Waals surface area contributed by atoms with E-state index in [1.165, 1.54) is 12.1 Å². The topological polar surface area (TPSA) is 130 Å². The quantitative estimate of drug-likeness (QED) is 0.298. The van der Waals surface area contributed by atoms with Crippen LogP contribution in [-0.4, -0.2) is 32.9 Å². The average molecular weight is 228 g/mol. The van der Waals surface area contributed by atoms with Crippen molar-refractivity contribution in [2.24, 2.45) is 5.73 Å². The second-order valence-corrected chi connectivity index (χ2v) is 3.32. The van der Waals surface area contributed by atoms with Gasteiger partial charge in [-0.2, -0.15) is 0 Å². The molecule has 0 saturated carbocycles. The van der Waals surface area contributed by atoms with E-state index in [1.807, 2.05) is 0 Å². The summed E-state index contributed by atoms with van der Waals surface area (Å²) in [5.41, 5.74) is 5.11. The molecule has 7 heteroatoms. The molecule has 7 nitrogen and oxygen atoms in total. The Morgan fingerprint density at radius 2 is 1.88 bits per heavy atom. The molecule has 0 aliphatic carbocycles. The van der Waals surface area contributed by atoms with Crippen LogP contribution in [0.4, 0.5) is 5.69 Å². The minimum atomic E-state index is -2.41. The van der Waals surface area contributed by atoms with Crippen LogP contribution in [0.25, 0.3) is 0 Å². The van der Waals surface area contributed by atoms with E-state index in [4.69, 9.17) is 10.8 Å². The predicted octanol–water partition coefficient (Wildman–Crippen LogP) is -0.948. The van der Waals surface area contributed by atoms with Gasteiger partial charge in [0.1, 0.15) is 0 Å². The molecule has 88 valence electrons. The predicted molar refractivity (Wildman–Crippen MR) is 54.3 cm³/mol. The van der Waals surface area contributed by atoms with Crippen molar-refractivity contribution < 1.29 is 20.2 Å². The van der Waals surface area contributed by atoms with Gasteiger partial charge in [-0.15, -0.1) is 0 Å². The highest BCUT2D eigenvalue weighted by molar-refractivity contribution is 5.35. The molecule has 0 amide bonds. The number of rotatable bonds is 4. The second kappa shape index (κ2) is 4.54. The highest BCUT2D eigenvalue weighted by Crippen LogP contribution is 2.23. The number of nitrogens with zero attached hydrogens (tertiary/aromatic N) is 1. The van der Waals surface area contributed by atoms with Crippen molar-refractivity contribution in [2.45, 2.75) is 11.8 Å². The maximum Gasteiger partial charge on any atom is 0.269 e. The number of non-ortho nitro benzene ring substituents is 1. The Kier molecular flexibility index (Phi) is 3.55. The molecule has 1 aromatic rings. The summed E-state index contributed by atoms with van der Waals surface area (Å²) in [6, 6.07) is 3.32. The van der Waals surface area contributed by atoms with E-state index in [9.17, 15) is 20.3 Å². The molecular weight excluding hydrogens is 216 g/mol. The number of nitro groups is 1. The Morgan fingerprint density at radius 3 is 2.25 bits per heavy atom. The summed E-state index contributed by atoms with van der Waals surface area (Å²) in [6.07, 6.45) is 0. The van der Waals surface area contributed by atoms with E-state index >= 15 is 0 Å². The highest BCUT2D eigenvalue weighted by Gasteiger charge is 2.33. The minimum Gasteiger partial charge on any atom is -0.395 e. The van der Waals surface area contributed by atoms with E-state index in [0.717, 1.165) is 12.1 Å². The summed E-state index contributed by atoms with van der Waals surface area (Å²) in [6.45, 7) is -0.621. The molecule has 0 fully saturated rings. The molecule has 1 rings (SSSR count).